The first-order valence-corrected chi connectivity index (χ1v) is 10.5. The van der Waals surface area contributed by atoms with Gasteiger partial charge in [-0.1, -0.05) is 67.4 Å². The van der Waals surface area contributed by atoms with Crippen molar-refractivity contribution in [1.29, 1.82) is 0 Å². The highest BCUT2D eigenvalue weighted by atomic mass is 35.5. The molecule has 1 fully saturated rings. The third-order valence-corrected chi connectivity index (χ3v) is 5.84. The van der Waals surface area contributed by atoms with Crippen molar-refractivity contribution in [3.8, 4) is 0 Å². The smallest absolute Gasteiger partial charge is 0.409 e. The molecule has 0 saturated heterocycles. The van der Waals surface area contributed by atoms with Gasteiger partial charge in [0.05, 0.1) is 0 Å². The van der Waals surface area contributed by atoms with Gasteiger partial charge in [0.2, 0.25) is 0 Å². The van der Waals surface area contributed by atoms with Gasteiger partial charge in [-0.3, -0.25) is 5.32 Å². The van der Waals surface area contributed by atoms with E-state index < -0.39 is 6.09 Å². The topological polar surface area (TPSA) is 52.6 Å². The maximum Gasteiger partial charge on any atom is 0.409 e. The molecule has 1 unspecified atom stereocenters. The number of halogens is 2. The summed E-state index contributed by atoms with van der Waals surface area (Å²) in [7, 11) is 2.04. The summed E-state index contributed by atoms with van der Waals surface area (Å²) in [5.74, 6) is 0.0931. The fraction of sp³-hybridized carbons (Fsp3) is 0.409. The first-order chi connectivity index (χ1) is 13.4. The van der Waals surface area contributed by atoms with Gasteiger partial charge in [-0.2, -0.15) is 0 Å². The molecule has 1 amide bonds. The van der Waals surface area contributed by atoms with Crippen LogP contribution in [0.4, 0.5) is 10.5 Å². The lowest BCUT2D eigenvalue weighted by molar-refractivity contribution is 0.209. The number of carboxylic acid groups (broad SMARTS) is 1. The Labute approximate surface area is 176 Å². The van der Waals surface area contributed by atoms with Gasteiger partial charge >= 0.3 is 6.09 Å². The van der Waals surface area contributed by atoms with Crippen LogP contribution in [0.15, 0.2) is 36.4 Å². The zero-order chi connectivity index (χ0) is 20.1. The fourth-order valence-corrected chi connectivity index (χ4v) is 4.54. The van der Waals surface area contributed by atoms with Gasteiger partial charge in [-0.15, -0.1) is 0 Å². The van der Waals surface area contributed by atoms with E-state index in [1.807, 2.05) is 31.3 Å². The van der Waals surface area contributed by atoms with Crippen LogP contribution in [0, 0.1) is 0 Å². The van der Waals surface area contributed by atoms with E-state index in [9.17, 15) is 4.79 Å². The molecule has 2 aromatic rings. The highest BCUT2D eigenvalue weighted by Crippen LogP contribution is 2.38. The number of hydrogen-bond donors (Lipinski definition) is 2. The standard InChI is InChI=1S/C17H16Cl2N2O2.C5H10/c1-21-8-14(10-3-2-4-12(5-10)20-17(22)23)13-6-11(18)7-16(19)15(13)9-21;1-2-4-5-3-1/h2-7,14,20H,8-9H2,1H3,(H,22,23);1-5H2. The third-order valence-electron chi connectivity index (χ3n) is 5.28. The number of nitrogens with one attached hydrogen (secondary N) is 1. The van der Waals surface area contributed by atoms with E-state index in [1.165, 1.54) is 32.1 Å². The van der Waals surface area contributed by atoms with Crippen LogP contribution in [-0.4, -0.2) is 29.7 Å². The van der Waals surface area contributed by atoms with Crippen LogP contribution in [0.1, 0.15) is 54.7 Å². The van der Waals surface area contributed by atoms with Crippen molar-refractivity contribution >= 4 is 35.0 Å². The number of rotatable bonds is 2. The number of fused-ring (bicyclic) bond motifs is 1. The summed E-state index contributed by atoms with van der Waals surface area (Å²) >= 11 is 12.5. The van der Waals surface area contributed by atoms with Crippen LogP contribution in [0.25, 0.3) is 0 Å². The minimum Gasteiger partial charge on any atom is -0.465 e. The highest BCUT2D eigenvalue weighted by Gasteiger charge is 2.27. The Morgan fingerprint density at radius 2 is 1.79 bits per heavy atom. The van der Waals surface area contributed by atoms with Crippen molar-refractivity contribution in [3.63, 3.8) is 0 Å². The molecule has 1 saturated carbocycles. The van der Waals surface area contributed by atoms with Gasteiger partial charge in [-0.25, -0.2) is 4.79 Å². The van der Waals surface area contributed by atoms with Gasteiger partial charge in [-0.05, 0) is 48.0 Å². The Bertz CT molecular complexity index is 830. The van der Waals surface area contributed by atoms with E-state index in [2.05, 4.69) is 10.2 Å². The normalized spacial score (nSPS) is 18.8. The first kappa shape index (κ1) is 21.0. The number of hydrogen-bond acceptors (Lipinski definition) is 2. The van der Waals surface area contributed by atoms with E-state index in [1.54, 1.807) is 12.1 Å². The molecule has 1 aliphatic heterocycles. The van der Waals surface area contributed by atoms with Crippen molar-refractivity contribution in [1.82, 2.24) is 4.90 Å². The number of likely N-dealkylation sites (N-methyl/N-ethyl adjacent to an activating group) is 1. The quantitative estimate of drug-likeness (QED) is 0.574. The third kappa shape index (κ3) is 5.40. The van der Waals surface area contributed by atoms with E-state index in [0.717, 1.165) is 29.8 Å². The van der Waals surface area contributed by atoms with Crippen molar-refractivity contribution in [3.05, 3.63) is 63.1 Å². The molecule has 1 atom stereocenters. The lowest BCUT2D eigenvalue weighted by Gasteiger charge is -2.33. The molecule has 28 heavy (non-hydrogen) atoms. The summed E-state index contributed by atoms with van der Waals surface area (Å²) in [6.07, 6.45) is 6.43. The minimum absolute atomic E-state index is 0.0931. The summed E-state index contributed by atoms with van der Waals surface area (Å²) in [6, 6.07) is 11.2. The SMILES string of the molecule is C1CCCC1.CN1Cc2c(Cl)cc(Cl)cc2C(c2cccc(NC(=O)O)c2)C1. The van der Waals surface area contributed by atoms with Crippen LogP contribution >= 0.6 is 23.2 Å². The number of amides is 1. The Hall–Kier alpha value is -1.75. The summed E-state index contributed by atoms with van der Waals surface area (Å²) in [4.78, 5) is 13.0. The molecule has 2 aromatic carbocycles. The van der Waals surface area contributed by atoms with Crippen molar-refractivity contribution in [2.45, 2.75) is 44.6 Å². The van der Waals surface area contributed by atoms with Crippen molar-refractivity contribution in [2.24, 2.45) is 0 Å². The molecule has 4 nitrogen and oxygen atoms in total. The molecule has 0 spiro atoms. The van der Waals surface area contributed by atoms with Crippen LogP contribution in [0.2, 0.25) is 10.0 Å². The Kier molecular flexibility index (Phi) is 7.22. The molecular formula is C22H26Cl2N2O2. The van der Waals surface area contributed by atoms with E-state index in [-0.39, 0.29) is 5.92 Å². The average molecular weight is 421 g/mol. The summed E-state index contributed by atoms with van der Waals surface area (Å²) < 4.78 is 0. The molecular weight excluding hydrogens is 395 g/mol. The predicted molar refractivity (Wildman–Crippen MR) is 116 cm³/mol. The first-order valence-electron chi connectivity index (χ1n) is 9.70. The fourth-order valence-electron chi connectivity index (χ4n) is 3.97. The zero-order valence-electron chi connectivity index (χ0n) is 16.0. The number of anilines is 1. The monoisotopic (exact) mass is 420 g/mol. The summed E-state index contributed by atoms with van der Waals surface area (Å²) in [5.41, 5.74) is 3.76. The van der Waals surface area contributed by atoms with Crippen molar-refractivity contribution in [2.75, 3.05) is 18.9 Å². The maximum atomic E-state index is 10.8. The molecule has 1 heterocycles. The Morgan fingerprint density at radius 3 is 2.43 bits per heavy atom. The van der Waals surface area contributed by atoms with E-state index in [4.69, 9.17) is 28.3 Å². The van der Waals surface area contributed by atoms with Gasteiger partial charge in [0, 0.05) is 34.7 Å². The number of nitrogens with zero attached hydrogens (tertiary/aromatic N) is 1. The molecule has 1 aliphatic carbocycles. The molecule has 0 bridgehead atoms. The lowest BCUT2D eigenvalue weighted by atomic mass is 9.84. The second-order valence-electron chi connectivity index (χ2n) is 7.53. The van der Waals surface area contributed by atoms with Crippen LogP contribution in [0.3, 0.4) is 0 Å². The average Bonchev–Trinajstić information content (AvgIpc) is 3.21. The van der Waals surface area contributed by atoms with E-state index in [0.29, 0.717) is 15.7 Å². The van der Waals surface area contributed by atoms with Crippen LogP contribution in [0.5, 0.6) is 0 Å². The van der Waals surface area contributed by atoms with Crippen LogP contribution < -0.4 is 5.32 Å². The summed E-state index contributed by atoms with van der Waals surface area (Å²) in [5, 5.41) is 12.6. The lowest BCUT2D eigenvalue weighted by Crippen LogP contribution is -2.31. The Morgan fingerprint density at radius 1 is 1.11 bits per heavy atom. The minimum atomic E-state index is -1.07. The van der Waals surface area contributed by atoms with Crippen molar-refractivity contribution < 1.29 is 9.90 Å². The molecule has 6 heteroatoms. The molecule has 0 aromatic heterocycles. The zero-order valence-corrected chi connectivity index (χ0v) is 17.6. The van der Waals surface area contributed by atoms with E-state index >= 15 is 0 Å². The summed E-state index contributed by atoms with van der Waals surface area (Å²) in [6.45, 7) is 1.59. The Balaban J connectivity index is 0.000000391. The predicted octanol–water partition coefficient (Wildman–Crippen LogP) is 6.61. The van der Waals surface area contributed by atoms with Gasteiger partial charge in [0.15, 0.2) is 0 Å². The van der Waals surface area contributed by atoms with Gasteiger partial charge < -0.3 is 10.0 Å². The molecule has 2 aliphatic rings. The van der Waals surface area contributed by atoms with Gasteiger partial charge in [0.1, 0.15) is 0 Å². The number of benzene rings is 2. The second kappa shape index (κ2) is 9.64. The number of carbonyl (C=O) groups is 1. The maximum absolute atomic E-state index is 10.8. The van der Waals surface area contributed by atoms with Gasteiger partial charge in [0.25, 0.3) is 0 Å². The molecule has 150 valence electrons. The highest BCUT2D eigenvalue weighted by molar-refractivity contribution is 6.35. The second-order valence-corrected chi connectivity index (χ2v) is 8.37. The molecule has 0 radical (unpaired) electrons. The molecule has 2 N–H and O–H groups in total. The molecule has 4 rings (SSSR count). The van der Waals surface area contributed by atoms with Crippen LogP contribution in [-0.2, 0) is 6.54 Å². The largest absolute Gasteiger partial charge is 0.465 e.